The molecule has 0 aliphatic carbocycles. The molecule has 3 amide bonds. The number of nitrogens with zero attached hydrogens (tertiary/aromatic N) is 2. The zero-order valence-electron chi connectivity index (χ0n) is 14.7. The number of hydrogen-bond donors (Lipinski definition) is 1. The Morgan fingerprint density at radius 3 is 2.68 bits per heavy atom. The van der Waals surface area contributed by atoms with Crippen molar-refractivity contribution >= 4 is 46.3 Å². The molecule has 3 rings (SSSR count). The summed E-state index contributed by atoms with van der Waals surface area (Å²) in [7, 11) is 0. The number of hydrogen-bond acceptors (Lipinski definition) is 6. The van der Waals surface area contributed by atoms with E-state index in [0.717, 1.165) is 10.5 Å². The third kappa shape index (κ3) is 4.44. The van der Waals surface area contributed by atoms with Crippen molar-refractivity contribution < 1.29 is 19.3 Å². The van der Waals surface area contributed by atoms with Gasteiger partial charge in [-0.3, -0.25) is 29.4 Å². The van der Waals surface area contributed by atoms with Crippen molar-refractivity contribution in [3.05, 3.63) is 74.7 Å². The van der Waals surface area contributed by atoms with Gasteiger partial charge in [-0.25, -0.2) is 0 Å². The molecule has 0 atom stereocenters. The van der Waals surface area contributed by atoms with Crippen LogP contribution in [0.25, 0.3) is 6.08 Å². The number of anilines is 1. The van der Waals surface area contributed by atoms with Crippen molar-refractivity contribution in [2.45, 2.75) is 6.92 Å². The zero-order chi connectivity index (χ0) is 20.3. The average Bonchev–Trinajstić information content (AvgIpc) is 2.89. The minimum atomic E-state index is -0.610. The van der Waals surface area contributed by atoms with Crippen LogP contribution in [0.4, 0.5) is 16.2 Å². The first-order chi connectivity index (χ1) is 13.3. The molecule has 28 heavy (non-hydrogen) atoms. The fourth-order valence-electron chi connectivity index (χ4n) is 2.58. The topological polar surface area (TPSA) is 110 Å². The summed E-state index contributed by atoms with van der Waals surface area (Å²) in [4.78, 5) is 48.1. The van der Waals surface area contributed by atoms with Crippen LogP contribution in [0.2, 0.25) is 0 Å². The minimum Gasteiger partial charge on any atom is -0.325 e. The van der Waals surface area contributed by atoms with E-state index in [1.54, 1.807) is 24.3 Å². The number of nitrogens with one attached hydrogen (secondary N) is 1. The third-order valence-corrected chi connectivity index (χ3v) is 4.76. The summed E-state index contributed by atoms with van der Waals surface area (Å²) < 4.78 is 0. The van der Waals surface area contributed by atoms with Crippen LogP contribution in [-0.4, -0.2) is 33.4 Å². The minimum absolute atomic E-state index is 0.105. The molecule has 1 aliphatic rings. The van der Waals surface area contributed by atoms with Crippen molar-refractivity contribution in [2.24, 2.45) is 0 Å². The number of amides is 3. The van der Waals surface area contributed by atoms with Crippen LogP contribution in [0.5, 0.6) is 0 Å². The second-order valence-electron chi connectivity index (χ2n) is 6.04. The Morgan fingerprint density at radius 1 is 1.21 bits per heavy atom. The lowest BCUT2D eigenvalue weighted by molar-refractivity contribution is -0.384. The van der Waals surface area contributed by atoms with Gasteiger partial charge in [-0.05, 0) is 48.0 Å². The molecule has 0 unspecified atom stereocenters. The molecule has 9 heteroatoms. The Balaban J connectivity index is 1.72. The molecule has 1 N–H and O–H groups in total. The normalized spacial score (nSPS) is 15.2. The Kier molecular flexibility index (Phi) is 5.55. The number of imide groups is 1. The summed E-state index contributed by atoms with van der Waals surface area (Å²) in [6.07, 6.45) is 1.40. The molecule has 1 heterocycles. The highest BCUT2D eigenvalue weighted by Crippen LogP contribution is 2.32. The smallest absolute Gasteiger partial charge is 0.294 e. The van der Waals surface area contributed by atoms with Gasteiger partial charge in [-0.15, -0.1) is 0 Å². The molecule has 2 aromatic rings. The van der Waals surface area contributed by atoms with Crippen LogP contribution < -0.4 is 5.32 Å². The number of thioether (sulfide) groups is 1. The van der Waals surface area contributed by atoms with E-state index in [0.29, 0.717) is 23.0 Å². The van der Waals surface area contributed by atoms with Gasteiger partial charge in [-0.1, -0.05) is 24.3 Å². The molecular weight excluding hydrogens is 382 g/mol. The molecule has 0 aromatic heterocycles. The van der Waals surface area contributed by atoms with Gasteiger partial charge in [0.15, 0.2) is 0 Å². The largest absolute Gasteiger partial charge is 0.325 e. The second-order valence-corrected chi connectivity index (χ2v) is 7.03. The molecule has 142 valence electrons. The Bertz CT molecular complexity index is 1020. The van der Waals surface area contributed by atoms with E-state index in [2.05, 4.69) is 5.32 Å². The maximum absolute atomic E-state index is 12.5. The molecule has 0 radical (unpaired) electrons. The van der Waals surface area contributed by atoms with Gasteiger partial charge in [0.05, 0.1) is 9.83 Å². The van der Waals surface area contributed by atoms with Gasteiger partial charge in [-0.2, -0.15) is 0 Å². The fraction of sp³-hybridized carbons (Fsp3) is 0.105. The van der Waals surface area contributed by atoms with Crippen molar-refractivity contribution in [3.63, 3.8) is 0 Å². The highest BCUT2D eigenvalue weighted by atomic mass is 32.2. The number of nitro benzene ring substituents is 1. The monoisotopic (exact) mass is 397 g/mol. The number of carbonyl (C=O) groups is 3. The predicted molar refractivity (Wildman–Crippen MR) is 106 cm³/mol. The van der Waals surface area contributed by atoms with Crippen molar-refractivity contribution in [2.75, 3.05) is 11.9 Å². The summed E-state index contributed by atoms with van der Waals surface area (Å²) in [5.41, 5.74) is 1.84. The molecule has 8 nitrogen and oxygen atoms in total. The third-order valence-electron chi connectivity index (χ3n) is 3.86. The summed E-state index contributed by atoms with van der Waals surface area (Å²) in [5, 5.41) is 12.9. The maximum Gasteiger partial charge on any atom is 0.294 e. The van der Waals surface area contributed by atoms with Gasteiger partial charge in [0.2, 0.25) is 5.91 Å². The van der Waals surface area contributed by atoms with Crippen LogP contribution >= 0.6 is 11.8 Å². The number of carbonyl (C=O) groups excluding carboxylic acids is 3. The van der Waals surface area contributed by atoms with E-state index in [1.807, 2.05) is 13.0 Å². The lowest BCUT2D eigenvalue weighted by atomic mass is 10.2. The molecule has 1 aliphatic heterocycles. The van der Waals surface area contributed by atoms with Gasteiger partial charge in [0.1, 0.15) is 6.54 Å². The lowest BCUT2D eigenvalue weighted by Crippen LogP contribution is -2.36. The second kappa shape index (κ2) is 8.05. The van der Waals surface area contributed by atoms with Gasteiger partial charge in [0, 0.05) is 17.8 Å². The highest BCUT2D eigenvalue weighted by Gasteiger charge is 2.36. The fourth-order valence-corrected chi connectivity index (χ4v) is 3.42. The molecule has 0 saturated carbocycles. The average molecular weight is 397 g/mol. The van der Waals surface area contributed by atoms with Crippen molar-refractivity contribution in [1.82, 2.24) is 4.90 Å². The van der Waals surface area contributed by atoms with E-state index in [1.165, 1.54) is 24.3 Å². The van der Waals surface area contributed by atoms with Crippen LogP contribution in [0.1, 0.15) is 11.1 Å². The SMILES string of the molecule is Cc1cccc(NC(=O)CN2C(=O)S/C(=C/c3cccc([N+](=O)[O-])c3)C2=O)c1. The summed E-state index contributed by atoms with van der Waals surface area (Å²) in [6, 6.07) is 12.9. The standard InChI is InChI=1S/C19H15N3O5S/c1-12-4-2-6-14(8-12)20-17(23)11-21-18(24)16(28-19(21)25)10-13-5-3-7-15(9-13)22(26)27/h2-10H,11H2,1H3,(H,20,23)/b16-10+. The zero-order valence-corrected chi connectivity index (χ0v) is 15.6. The molecular formula is C19H15N3O5S. The maximum atomic E-state index is 12.5. The number of nitro groups is 1. The molecule has 0 bridgehead atoms. The van der Waals surface area contributed by atoms with Crippen LogP contribution in [0.3, 0.4) is 0 Å². The number of benzene rings is 2. The highest BCUT2D eigenvalue weighted by molar-refractivity contribution is 8.18. The van der Waals surface area contributed by atoms with E-state index in [-0.39, 0.29) is 10.6 Å². The van der Waals surface area contributed by atoms with Crippen LogP contribution in [0.15, 0.2) is 53.4 Å². The molecule has 0 spiro atoms. The van der Waals surface area contributed by atoms with Crippen molar-refractivity contribution in [3.8, 4) is 0 Å². The number of rotatable bonds is 5. The quantitative estimate of drug-likeness (QED) is 0.469. The van der Waals surface area contributed by atoms with Gasteiger partial charge in [0.25, 0.3) is 16.8 Å². The van der Waals surface area contributed by atoms with Crippen LogP contribution in [0, 0.1) is 17.0 Å². The number of non-ortho nitro benzene ring substituents is 1. The first-order valence-corrected chi connectivity index (χ1v) is 9.01. The Hall–Kier alpha value is -3.46. The first-order valence-electron chi connectivity index (χ1n) is 8.20. The van der Waals surface area contributed by atoms with Crippen LogP contribution in [-0.2, 0) is 9.59 Å². The molecule has 1 saturated heterocycles. The number of aryl methyl sites for hydroxylation is 1. The summed E-state index contributed by atoms with van der Waals surface area (Å²) >= 11 is 0.690. The van der Waals surface area contributed by atoms with Crippen molar-refractivity contribution in [1.29, 1.82) is 0 Å². The van der Waals surface area contributed by atoms with Gasteiger partial charge >= 0.3 is 0 Å². The van der Waals surface area contributed by atoms with Gasteiger partial charge < -0.3 is 5.32 Å². The van der Waals surface area contributed by atoms with E-state index in [4.69, 9.17) is 0 Å². The first kappa shape index (κ1) is 19.3. The van der Waals surface area contributed by atoms with E-state index < -0.39 is 28.5 Å². The summed E-state index contributed by atoms with van der Waals surface area (Å²) in [5.74, 6) is -1.11. The molecule has 2 aromatic carbocycles. The van der Waals surface area contributed by atoms with E-state index in [9.17, 15) is 24.5 Å². The Morgan fingerprint density at radius 2 is 1.96 bits per heavy atom. The molecule has 1 fully saturated rings. The summed E-state index contributed by atoms with van der Waals surface area (Å²) in [6.45, 7) is 1.47. The predicted octanol–water partition coefficient (Wildman–Crippen LogP) is 3.58. The Labute approximate surface area is 164 Å². The van der Waals surface area contributed by atoms with E-state index >= 15 is 0 Å². The lowest BCUT2D eigenvalue weighted by Gasteiger charge is -2.12.